The van der Waals surface area contributed by atoms with E-state index < -0.39 is 10.0 Å². The highest BCUT2D eigenvalue weighted by Gasteiger charge is 2.21. The number of benzene rings is 1. The van der Waals surface area contributed by atoms with Gasteiger partial charge in [-0.25, -0.2) is 17.4 Å². The first-order valence-corrected chi connectivity index (χ1v) is 8.43. The molecule has 0 saturated carbocycles. The van der Waals surface area contributed by atoms with Crippen LogP contribution in [0.1, 0.15) is 5.56 Å². The lowest BCUT2D eigenvalue weighted by atomic mass is 10.2. The highest BCUT2D eigenvalue weighted by molar-refractivity contribution is 7.90. The first-order chi connectivity index (χ1) is 10.4. The van der Waals surface area contributed by atoms with Crippen molar-refractivity contribution in [3.8, 4) is 0 Å². The van der Waals surface area contributed by atoms with Crippen molar-refractivity contribution in [2.24, 2.45) is 0 Å². The number of rotatable bonds is 3. The molecule has 3 rings (SSSR count). The highest BCUT2D eigenvalue weighted by Crippen LogP contribution is 2.29. The molecule has 0 unspecified atom stereocenters. The number of hydrogen-bond acceptors (Lipinski definition) is 4. The van der Waals surface area contributed by atoms with Gasteiger partial charge in [-0.15, -0.1) is 0 Å². The van der Waals surface area contributed by atoms with E-state index >= 15 is 0 Å². The lowest BCUT2D eigenvalue weighted by Gasteiger charge is -2.08. The van der Waals surface area contributed by atoms with Crippen LogP contribution in [0.5, 0.6) is 0 Å². The van der Waals surface area contributed by atoms with Crippen molar-refractivity contribution >= 4 is 38.5 Å². The second-order valence-electron chi connectivity index (χ2n) is 4.91. The van der Waals surface area contributed by atoms with E-state index in [1.54, 1.807) is 43.4 Å². The van der Waals surface area contributed by atoms with Gasteiger partial charge in [0.1, 0.15) is 5.82 Å². The molecular weight excluding hydrogens is 322 g/mol. The second kappa shape index (κ2) is 5.30. The van der Waals surface area contributed by atoms with E-state index in [4.69, 9.17) is 11.6 Å². The molecule has 1 N–H and O–H groups in total. The van der Waals surface area contributed by atoms with E-state index in [2.05, 4.69) is 10.3 Å². The maximum absolute atomic E-state index is 12.8. The van der Waals surface area contributed by atoms with Crippen molar-refractivity contribution in [2.45, 2.75) is 11.8 Å². The largest absolute Gasteiger partial charge is 0.373 e. The third-order valence-corrected chi connectivity index (χ3v) is 5.37. The predicted octanol–water partition coefficient (Wildman–Crippen LogP) is 3.28. The third kappa shape index (κ3) is 2.34. The number of aryl methyl sites for hydroxylation is 1. The average molecular weight is 336 g/mol. The highest BCUT2D eigenvalue weighted by atomic mass is 35.5. The zero-order valence-electron chi connectivity index (χ0n) is 12.0. The van der Waals surface area contributed by atoms with Crippen LogP contribution in [0.4, 0.5) is 5.82 Å². The Morgan fingerprint density at radius 2 is 1.82 bits per heavy atom. The average Bonchev–Trinajstić information content (AvgIpc) is 2.85. The molecule has 0 aliphatic carbocycles. The molecule has 3 aromatic rings. The normalized spacial score (nSPS) is 11.8. The summed E-state index contributed by atoms with van der Waals surface area (Å²) in [6.07, 6.45) is 1.38. The number of pyridine rings is 1. The Kier molecular flexibility index (Phi) is 3.58. The van der Waals surface area contributed by atoms with Crippen molar-refractivity contribution < 1.29 is 8.42 Å². The zero-order valence-corrected chi connectivity index (χ0v) is 13.6. The lowest BCUT2D eigenvalue weighted by molar-refractivity contribution is 0.589. The second-order valence-corrected chi connectivity index (χ2v) is 7.13. The Bertz CT molecular complexity index is 947. The standard InChI is InChI=1S/C15H14ClN3O2S/c1-10-3-5-11(6-4-10)22(20,21)19-9-13(16)12-7-8-14(17-2)18-15(12)19/h3-9H,1-2H3,(H,17,18). The van der Waals surface area contributed by atoms with Crippen LogP contribution in [0, 0.1) is 6.92 Å². The van der Waals surface area contributed by atoms with Crippen molar-refractivity contribution in [2.75, 3.05) is 12.4 Å². The van der Waals surface area contributed by atoms with Gasteiger partial charge >= 0.3 is 0 Å². The number of hydrogen-bond donors (Lipinski definition) is 1. The molecule has 0 fully saturated rings. The van der Waals surface area contributed by atoms with E-state index in [9.17, 15) is 8.42 Å². The summed E-state index contributed by atoms with van der Waals surface area (Å²) in [4.78, 5) is 4.51. The van der Waals surface area contributed by atoms with Crippen molar-refractivity contribution in [3.05, 3.63) is 53.2 Å². The summed E-state index contributed by atoms with van der Waals surface area (Å²) in [5, 5.41) is 3.83. The van der Waals surface area contributed by atoms with Crippen LogP contribution in [-0.2, 0) is 10.0 Å². The van der Waals surface area contributed by atoms with Crippen LogP contribution < -0.4 is 5.32 Å². The first-order valence-electron chi connectivity index (χ1n) is 6.61. The predicted molar refractivity (Wildman–Crippen MR) is 88.1 cm³/mol. The number of anilines is 1. The number of aromatic nitrogens is 2. The minimum atomic E-state index is -3.74. The zero-order chi connectivity index (χ0) is 15.9. The van der Waals surface area contributed by atoms with Crippen LogP contribution in [0.3, 0.4) is 0 Å². The molecule has 0 radical (unpaired) electrons. The smallest absolute Gasteiger partial charge is 0.269 e. The first kappa shape index (κ1) is 14.9. The summed E-state index contributed by atoms with van der Waals surface area (Å²) < 4.78 is 26.8. The van der Waals surface area contributed by atoms with Crippen LogP contribution >= 0.6 is 11.6 Å². The number of nitrogens with one attached hydrogen (secondary N) is 1. The quantitative estimate of drug-likeness (QED) is 0.797. The van der Waals surface area contributed by atoms with Gasteiger partial charge in [0.15, 0.2) is 5.65 Å². The van der Waals surface area contributed by atoms with Crippen LogP contribution in [-0.4, -0.2) is 24.4 Å². The molecule has 2 aromatic heterocycles. The van der Waals surface area contributed by atoms with E-state index in [-0.39, 0.29) is 4.90 Å². The topological polar surface area (TPSA) is 64.0 Å². The van der Waals surface area contributed by atoms with Crippen LogP contribution in [0.25, 0.3) is 11.0 Å². The molecular formula is C15H14ClN3O2S. The van der Waals surface area contributed by atoms with Crippen molar-refractivity contribution in [1.82, 2.24) is 8.96 Å². The minimum Gasteiger partial charge on any atom is -0.373 e. The van der Waals surface area contributed by atoms with Gasteiger partial charge in [0.05, 0.1) is 9.92 Å². The van der Waals surface area contributed by atoms with Crippen molar-refractivity contribution in [1.29, 1.82) is 0 Å². The van der Waals surface area contributed by atoms with Gasteiger partial charge in [-0.3, -0.25) is 0 Å². The maximum atomic E-state index is 12.8. The molecule has 5 nitrogen and oxygen atoms in total. The molecule has 22 heavy (non-hydrogen) atoms. The molecule has 0 aliphatic rings. The summed E-state index contributed by atoms with van der Waals surface area (Å²) in [5.74, 6) is 0.572. The lowest BCUT2D eigenvalue weighted by Crippen LogP contribution is -2.12. The number of nitrogens with zero attached hydrogens (tertiary/aromatic N) is 2. The van der Waals surface area contributed by atoms with E-state index in [0.29, 0.717) is 21.9 Å². The summed E-state index contributed by atoms with van der Waals surface area (Å²) >= 11 is 6.15. The minimum absolute atomic E-state index is 0.198. The van der Waals surface area contributed by atoms with Gasteiger partial charge in [0, 0.05) is 18.6 Å². The Balaban J connectivity index is 2.26. The summed E-state index contributed by atoms with van der Waals surface area (Å²) in [7, 11) is -2.02. The van der Waals surface area contributed by atoms with Crippen molar-refractivity contribution in [3.63, 3.8) is 0 Å². The van der Waals surface area contributed by atoms with Crippen LogP contribution in [0.2, 0.25) is 5.02 Å². The van der Waals surface area contributed by atoms with Gasteiger partial charge in [-0.1, -0.05) is 29.3 Å². The number of fused-ring (bicyclic) bond motifs is 1. The molecule has 0 bridgehead atoms. The molecule has 1 aromatic carbocycles. The molecule has 0 atom stereocenters. The van der Waals surface area contributed by atoms with Gasteiger partial charge in [0.2, 0.25) is 0 Å². The van der Waals surface area contributed by atoms with E-state index in [1.807, 2.05) is 6.92 Å². The molecule has 0 saturated heterocycles. The Hall–Kier alpha value is -2.05. The van der Waals surface area contributed by atoms with E-state index in [1.165, 1.54) is 6.20 Å². The summed E-state index contributed by atoms with van der Waals surface area (Å²) in [6.45, 7) is 1.90. The maximum Gasteiger partial charge on any atom is 0.269 e. The Labute approximate surface area is 133 Å². The summed E-state index contributed by atoms with van der Waals surface area (Å²) in [6, 6.07) is 10.2. The third-order valence-electron chi connectivity index (χ3n) is 3.41. The SMILES string of the molecule is CNc1ccc2c(Cl)cn(S(=O)(=O)c3ccc(C)cc3)c2n1. The molecule has 0 amide bonds. The van der Waals surface area contributed by atoms with E-state index in [0.717, 1.165) is 9.54 Å². The fraction of sp³-hybridized carbons (Fsp3) is 0.133. The fourth-order valence-electron chi connectivity index (χ4n) is 2.18. The van der Waals surface area contributed by atoms with Crippen LogP contribution in [0.15, 0.2) is 47.5 Å². The molecule has 2 heterocycles. The Morgan fingerprint density at radius 3 is 2.45 bits per heavy atom. The molecule has 0 aliphatic heterocycles. The monoisotopic (exact) mass is 335 g/mol. The van der Waals surface area contributed by atoms with Gasteiger partial charge in [-0.05, 0) is 31.2 Å². The molecule has 114 valence electrons. The number of halogens is 1. The van der Waals surface area contributed by atoms with Gasteiger partial charge in [0.25, 0.3) is 10.0 Å². The summed E-state index contributed by atoms with van der Waals surface area (Å²) in [5.41, 5.74) is 1.29. The molecule has 0 spiro atoms. The van der Waals surface area contributed by atoms with Gasteiger partial charge in [-0.2, -0.15) is 0 Å². The van der Waals surface area contributed by atoms with Gasteiger partial charge < -0.3 is 5.32 Å². The Morgan fingerprint density at radius 1 is 1.14 bits per heavy atom. The molecule has 7 heteroatoms. The fourth-order valence-corrected chi connectivity index (χ4v) is 3.80.